The highest BCUT2D eigenvalue weighted by atomic mass is 16.5. The Balaban J connectivity index is 1.35. The van der Waals surface area contributed by atoms with E-state index in [1.54, 1.807) is 10.9 Å². The maximum Gasteiger partial charge on any atom is 0.217 e. The summed E-state index contributed by atoms with van der Waals surface area (Å²) in [6.07, 6.45) is 4.33. The van der Waals surface area contributed by atoms with Gasteiger partial charge < -0.3 is 20.3 Å². The first kappa shape index (κ1) is 21.0. The molecule has 1 aromatic heterocycles. The van der Waals surface area contributed by atoms with Crippen LogP contribution >= 0.6 is 0 Å². The summed E-state index contributed by atoms with van der Waals surface area (Å²) in [5, 5.41) is 32.1. The van der Waals surface area contributed by atoms with Crippen molar-refractivity contribution in [3.63, 3.8) is 0 Å². The number of rotatable bonds is 6. The molecule has 2 heterocycles. The number of amides is 1. The molecular weight excluding hydrogens is 384 g/mol. The maximum atomic E-state index is 11.0. The number of carbonyl (C=O) groups is 1. The summed E-state index contributed by atoms with van der Waals surface area (Å²) < 4.78 is 7.56. The van der Waals surface area contributed by atoms with Crippen LogP contribution in [0.1, 0.15) is 61.4 Å². The molecule has 1 amide bonds. The Kier molecular flexibility index (Phi) is 6.46. The van der Waals surface area contributed by atoms with Crippen LogP contribution in [0.3, 0.4) is 0 Å². The van der Waals surface area contributed by atoms with Crippen molar-refractivity contribution >= 4 is 5.91 Å². The van der Waals surface area contributed by atoms with Crippen LogP contribution in [0.5, 0.6) is 0 Å². The van der Waals surface area contributed by atoms with E-state index in [0.29, 0.717) is 31.3 Å². The molecule has 1 saturated carbocycles. The van der Waals surface area contributed by atoms with Gasteiger partial charge >= 0.3 is 0 Å². The van der Waals surface area contributed by atoms with Crippen LogP contribution in [0.2, 0.25) is 0 Å². The summed E-state index contributed by atoms with van der Waals surface area (Å²) in [7, 11) is 0. The number of aromatic nitrogens is 3. The predicted octanol–water partition coefficient (Wildman–Crippen LogP) is 1.68. The molecule has 162 valence electrons. The van der Waals surface area contributed by atoms with Crippen LogP contribution in [0.4, 0.5) is 0 Å². The molecule has 1 aliphatic carbocycles. The molecular formula is C22H30N4O4. The largest absolute Gasteiger partial charge is 0.390 e. The first-order valence-electron chi connectivity index (χ1n) is 10.7. The molecule has 0 bridgehead atoms. The van der Waals surface area contributed by atoms with Crippen LogP contribution in [0.15, 0.2) is 30.5 Å². The molecule has 0 radical (unpaired) electrons. The summed E-state index contributed by atoms with van der Waals surface area (Å²) in [5.74, 6) is 0.208. The van der Waals surface area contributed by atoms with E-state index in [1.165, 1.54) is 38.2 Å². The molecule has 3 N–H and O–H groups in total. The molecule has 4 rings (SSSR count). The Labute approximate surface area is 176 Å². The van der Waals surface area contributed by atoms with Gasteiger partial charge in [0.15, 0.2) is 0 Å². The number of nitrogens with zero attached hydrogens (tertiary/aromatic N) is 3. The zero-order chi connectivity index (χ0) is 21.1. The second-order valence-corrected chi connectivity index (χ2v) is 8.48. The van der Waals surface area contributed by atoms with Crippen LogP contribution < -0.4 is 5.32 Å². The minimum atomic E-state index is -1.01. The Morgan fingerprint density at radius 2 is 1.87 bits per heavy atom. The lowest BCUT2D eigenvalue weighted by molar-refractivity contribution is -0.169. The van der Waals surface area contributed by atoms with E-state index in [0.717, 1.165) is 5.56 Å². The molecule has 8 nitrogen and oxygen atoms in total. The van der Waals surface area contributed by atoms with Gasteiger partial charge in [-0.05, 0) is 29.9 Å². The summed E-state index contributed by atoms with van der Waals surface area (Å²) in [5.41, 5.74) is 2.87. The highest BCUT2D eigenvalue weighted by Gasteiger charge is 2.39. The number of benzene rings is 1. The van der Waals surface area contributed by atoms with Crippen molar-refractivity contribution in [1.29, 1.82) is 0 Å². The Morgan fingerprint density at radius 1 is 1.17 bits per heavy atom. The molecule has 2 aliphatic rings. The highest BCUT2D eigenvalue weighted by Crippen LogP contribution is 2.36. The number of hydrogen-bond acceptors (Lipinski definition) is 6. The first-order valence-corrected chi connectivity index (χ1v) is 10.7. The van der Waals surface area contributed by atoms with Gasteiger partial charge in [0.2, 0.25) is 5.91 Å². The topological polar surface area (TPSA) is 110 Å². The van der Waals surface area contributed by atoms with E-state index >= 15 is 0 Å². The Bertz CT molecular complexity index is 847. The molecule has 30 heavy (non-hydrogen) atoms. The van der Waals surface area contributed by atoms with E-state index in [9.17, 15) is 15.0 Å². The average molecular weight is 415 g/mol. The quantitative estimate of drug-likeness (QED) is 0.664. The van der Waals surface area contributed by atoms with Crippen molar-refractivity contribution in [1.82, 2.24) is 20.3 Å². The molecule has 2 fully saturated rings. The van der Waals surface area contributed by atoms with E-state index in [4.69, 9.17) is 4.74 Å². The van der Waals surface area contributed by atoms with Crippen LogP contribution in [-0.2, 0) is 22.6 Å². The fourth-order valence-corrected chi connectivity index (χ4v) is 4.52. The molecule has 8 heteroatoms. The van der Waals surface area contributed by atoms with Crippen molar-refractivity contribution in [3.8, 4) is 0 Å². The van der Waals surface area contributed by atoms with Gasteiger partial charge in [0.1, 0.15) is 17.9 Å². The van der Waals surface area contributed by atoms with Crippen molar-refractivity contribution in [2.24, 2.45) is 5.92 Å². The van der Waals surface area contributed by atoms with Crippen molar-refractivity contribution in [3.05, 3.63) is 47.3 Å². The third-order valence-corrected chi connectivity index (χ3v) is 6.25. The Morgan fingerprint density at radius 3 is 2.57 bits per heavy atom. The lowest BCUT2D eigenvalue weighted by atomic mass is 9.88. The molecule has 2 aromatic rings. The number of nitrogens with one attached hydrogen (secondary N) is 1. The van der Waals surface area contributed by atoms with Gasteiger partial charge in [0, 0.05) is 12.8 Å². The highest BCUT2D eigenvalue weighted by molar-refractivity contribution is 5.72. The SMILES string of the molecule is CC(=O)NCc1cn(C[C@@H]2CO[C@H](c3ccc(C4CCCC4)cc3)[C@H](O)[C@@H]2O)nn1. The normalized spacial score (nSPS) is 27.3. The van der Waals surface area contributed by atoms with E-state index in [1.807, 2.05) is 12.1 Å². The maximum absolute atomic E-state index is 11.0. The zero-order valence-electron chi connectivity index (χ0n) is 17.3. The molecule has 1 aromatic carbocycles. The predicted molar refractivity (Wildman–Crippen MR) is 109 cm³/mol. The third kappa shape index (κ3) is 4.71. The fraction of sp³-hybridized carbons (Fsp3) is 0.591. The second-order valence-electron chi connectivity index (χ2n) is 8.48. The van der Waals surface area contributed by atoms with Crippen molar-refractivity contribution in [2.75, 3.05) is 6.61 Å². The van der Waals surface area contributed by atoms with Gasteiger partial charge in [0.05, 0.1) is 32.0 Å². The monoisotopic (exact) mass is 414 g/mol. The summed E-state index contributed by atoms with van der Waals surface area (Å²) in [4.78, 5) is 11.0. The smallest absolute Gasteiger partial charge is 0.217 e. The van der Waals surface area contributed by atoms with Gasteiger partial charge in [-0.25, -0.2) is 0 Å². The average Bonchev–Trinajstić information content (AvgIpc) is 3.43. The van der Waals surface area contributed by atoms with Crippen molar-refractivity contribution < 1.29 is 19.7 Å². The standard InChI is InChI=1S/C22H30N4O4/c1-14(27)23-10-19-12-26(25-24-19)11-18-13-30-22(21(29)20(18)28)17-8-6-16(7-9-17)15-4-2-3-5-15/h6-9,12,15,18,20-22,28-29H,2-5,10-11,13H2,1H3,(H,23,27)/t18-,20-,21-,22-/m1/s1. The molecule has 0 spiro atoms. The van der Waals surface area contributed by atoms with Crippen LogP contribution in [-0.4, -0.2) is 49.9 Å². The van der Waals surface area contributed by atoms with Gasteiger partial charge in [-0.3, -0.25) is 9.48 Å². The number of aliphatic hydroxyl groups is 2. The number of ether oxygens (including phenoxy) is 1. The van der Waals surface area contributed by atoms with Crippen LogP contribution in [0, 0.1) is 5.92 Å². The molecule has 1 saturated heterocycles. The third-order valence-electron chi connectivity index (χ3n) is 6.25. The first-order chi connectivity index (χ1) is 14.5. The Hall–Kier alpha value is -2.29. The minimum absolute atomic E-state index is 0.133. The number of hydrogen-bond donors (Lipinski definition) is 3. The summed E-state index contributed by atoms with van der Waals surface area (Å²) in [6.45, 7) is 2.44. The van der Waals surface area contributed by atoms with Gasteiger partial charge in [0.25, 0.3) is 0 Å². The molecule has 1 aliphatic heterocycles. The van der Waals surface area contributed by atoms with Gasteiger partial charge in [-0.2, -0.15) is 0 Å². The lowest BCUT2D eigenvalue weighted by Gasteiger charge is -2.37. The second kappa shape index (κ2) is 9.24. The lowest BCUT2D eigenvalue weighted by Crippen LogP contribution is -2.47. The van der Waals surface area contributed by atoms with Gasteiger partial charge in [-0.15, -0.1) is 5.10 Å². The number of aliphatic hydroxyl groups excluding tert-OH is 2. The molecule has 0 unspecified atom stereocenters. The van der Waals surface area contributed by atoms with E-state index in [2.05, 4.69) is 27.8 Å². The minimum Gasteiger partial charge on any atom is -0.390 e. The zero-order valence-corrected chi connectivity index (χ0v) is 17.3. The summed E-state index contributed by atoms with van der Waals surface area (Å²) in [6, 6.07) is 8.29. The molecule has 4 atom stereocenters. The van der Waals surface area contributed by atoms with Gasteiger partial charge in [-0.1, -0.05) is 42.3 Å². The van der Waals surface area contributed by atoms with E-state index < -0.39 is 18.3 Å². The summed E-state index contributed by atoms with van der Waals surface area (Å²) >= 11 is 0. The van der Waals surface area contributed by atoms with E-state index in [-0.39, 0.29) is 11.8 Å². The van der Waals surface area contributed by atoms with Crippen molar-refractivity contribution in [2.45, 2.75) is 69.9 Å². The fourth-order valence-electron chi connectivity index (χ4n) is 4.52. The van der Waals surface area contributed by atoms with Crippen LogP contribution in [0.25, 0.3) is 0 Å². The number of carbonyl (C=O) groups excluding carboxylic acids is 1.